The van der Waals surface area contributed by atoms with Crippen molar-refractivity contribution in [2.75, 3.05) is 6.54 Å². The molecule has 0 atom stereocenters. The van der Waals surface area contributed by atoms with Gasteiger partial charge < -0.3 is 10.4 Å². The highest BCUT2D eigenvalue weighted by molar-refractivity contribution is 5.75. The van der Waals surface area contributed by atoms with E-state index in [0.29, 0.717) is 13.0 Å². The molecule has 0 aromatic rings. The minimum absolute atomic E-state index is 0.0921. The van der Waals surface area contributed by atoms with E-state index in [1.807, 2.05) is 0 Å². The minimum atomic E-state index is -0.647. The van der Waals surface area contributed by atoms with Gasteiger partial charge in [0, 0.05) is 13.0 Å². The fourth-order valence-electron chi connectivity index (χ4n) is 2.69. The standard InChI is InChI=1S/C15H29NO2/c1-3-5-6-7-14(17)16-12-15(18)10-8-13(4-2)9-11-15/h13,18H,3-12H2,1-2H3,(H,16,17). The lowest BCUT2D eigenvalue weighted by molar-refractivity contribution is -0.123. The summed E-state index contributed by atoms with van der Waals surface area (Å²) in [6, 6.07) is 0. The van der Waals surface area contributed by atoms with Gasteiger partial charge in [0.05, 0.1) is 5.60 Å². The van der Waals surface area contributed by atoms with Gasteiger partial charge in [0.2, 0.25) is 5.91 Å². The van der Waals surface area contributed by atoms with E-state index in [9.17, 15) is 9.90 Å². The molecule has 0 radical (unpaired) electrons. The van der Waals surface area contributed by atoms with Crippen LogP contribution < -0.4 is 5.32 Å². The van der Waals surface area contributed by atoms with E-state index < -0.39 is 5.60 Å². The zero-order valence-corrected chi connectivity index (χ0v) is 12.0. The second-order valence-corrected chi connectivity index (χ2v) is 5.81. The summed E-state index contributed by atoms with van der Waals surface area (Å²) in [5, 5.41) is 13.3. The van der Waals surface area contributed by atoms with Gasteiger partial charge >= 0.3 is 0 Å². The maximum atomic E-state index is 11.6. The van der Waals surface area contributed by atoms with E-state index in [1.54, 1.807) is 0 Å². The molecular weight excluding hydrogens is 226 g/mol. The smallest absolute Gasteiger partial charge is 0.220 e. The molecular formula is C15H29NO2. The van der Waals surface area contributed by atoms with Crippen LogP contribution in [0.4, 0.5) is 0 Å². The van der Waals surface area contributed by atoms with E-state index >= 15 is 0 Å². The SMILES string of the molecule is CCCCCC(=O)NCC1(O)CCC(CC)CC1. The van der Waals surface area contributed by atoms with Crippen molar-refractivity contribution < 1.29 is 9.90 Å². The van der Waals surface area contributed by atoms with Crippen molar-refractivity contribution in [2.45, 2.75) is 77.2 Å². The predicted molar refractivity (Wildman–Crippen MR) is 74.4 cm³/mol. The second-order valence-electron chi connectivity index (χ2n) is 5.81. The topological polar surface area (TPSA) is 49.3 Å². The fourth-order valence-corrected chi connectivity index (χ4v) is 2.69. The van der Waals surface area contributed by atoms with Crippen LogP contribution in [0.5, 0.6) is 0 Å². The van der Waals surface area contributed by atoms with Gasteiger partial charge in [0.25, 0.3) is 0 Å². The van der Waals surface area contributed by atoms with Crippen LogP contribution >= 0.6 is 0 Å². The number of unbranched alkanes of at least 4 members (excludes halogenated alkanes) is 2. The average Bonchev–Trinajstić information content (AvgIpc) is 2.38. The number of carbonyl (C=O) groups excluding carboxylic acids is 1. The summed E-state index contributed by atoms with van der Waals surface area (Å²) in [5.74, 6) is 0.861. The van der Waals surface area contributed by atoms with Crippen molar-refractivity contribution in [1.29, 1.82) is 0 Å². The molecule has 2 N–H and O–H groups in total. The molecule has 0 heterocycles. The maximum absolute atomic E-state index is 11.6. The molecule has 0 aromatic carbocycles. The molecule has 1 rings (SSSR count). The highest BCUT2D eigenvalue weighted by Crippen LogP contribution is 2.33. The Bertz CT molecular complexity index is 245. The van der Waals surface area contributed by atoms with Crippen LogP contribution in [0.1, 0.15) is 71.6 Å². The number of aliphatic hydroxyl groups is 1. The molecule has 3 nitrogen and oxygen atoms in total. The third kappa shape index (κ3) is 5.38. The number of hydrogen-bond donors (Lipinski definition) is 2. The first-order valence-electron chi connectivity index (χ1n) is 7.58. The van der Waals surface area contributed by atoms with Crippen molar-refractivity contribution in [2.24, 2.45) is 5.92 Å². The molecule has 1 aliphatic carbocycles. The van der Waals surface area contributed by atoms with Crippen molar-refractivity contribution in [1.82, 2.24) is 5.32 Å². The van der Waals surface area contributed by atoms with E-state index in [0.717, 1.165) is 50.9 Å². The lowest BCUT2D eigenvalue weighted by atomic mass is 9.78. The van der Waals surface area contributed by atoms with Gasteiger partial charge in [-0.3, -0.25) is 4.79 Å². The lowest BCUT2D eigenvalue weighted by Crippen LogP contribution is -2.45. The van der Waals surface area contributed by atoms with E-state index in [4.69, 9.17) is 0 Å². The fraction of sp³-hybridized carbons (Fsp3) is 0.933. The molecule has 1 amide bonds. The van der Waals surface area contributed by atoms with E-state index in [1.165, 1.54) is 6.42 Å². The molecule has 1 aliphatic rings. The zero-order valence-electron chi connectivity index (χ0n) is 12.0. The summed E-state index contributed by atoms with van der Waals surface area (Å²) in [6.07, 6.45) is 8.87. The molecule has 0 aliphatic heterocycles. The summed E-state index contributed by atoms with van der Waals surface area (Å²) >= 11 is 0. The molecule has 18 heavy (non-hydrogen) atoms. The number of rotatable bonds is 7. The van der Waals surface area contributed by atoms with Crippen molar-refractivity contribution in [3.05, 3.63) is 0 Å². The molecule has 0 bridgehead atoms. The number of nitrogens with one attached hydrogen (secondary N) is 1. The van der Waals surface area contributed by atoms with Gasteiger partial charge in [-0.05, 0) is 38.0 Å². The van der Waals surface area contributed by atoms with Crippen LogP contribution in [0.15, 0.2) is 0 Å². The van der Waals surface area contributed by atoms with Crippen LogP contribution in [0.3, 0.4) is 0 Å². The molecule has 0 aromatic heterocycles. The van der Waals surface area contributed by atoms with Crippen LogP contribution in [0.2, 0.25) is 0 Å². The number of hydrogen-bond acceptors (Lipinski definition) is 2. The molecule has 3 heteroatoms. The predicted octanol–water partition coefficient (Wildman–Crippen LogP) is 3.01. The van der Waals surface area contributed by atoms with Gasteiger partial charge in [0.15, 0.2) is 0 Å². The second kappa shape index (κ2) is 7.78. The van der Waals surface area contributed by atoms with Gasteiger partial charge in [-0.1, -0.05) is 33.1 Å². The first-order valence-corrected chi connectivity index (χ1v) is 7.58. The quantitative estimate of drug-likeness (QED) is 0.687. The van der Waals surface area contributed by atoms with Crippen LogP contribution in [0, 0.1) is 5.92 Å². The van der Waals surface area contributed by atoms with Crippen molar-refractivity contribution in [3.8, 4) is 0 Å². The third-order valence-corrected chi connectivity index (χ3v) is 4.24. The van der Waals surface area contributed by atoms with Crippen LogP contribution in [0.25, 0.3) is 0 Å². The Kier molecular flexibility index (Phi) is 6.69. The maximum Gasteiger partial charge on any atom is 0.220 e. The van der Waals surface area contributed by atoms with Crippen molar-refractivity contribution >= 4 is 5.91 Å². The Balaban J connectivity index is 2.19. The molecule has 0 spiro atoms. The van der Waals surface area contributed by atoms with E-state index in [2.05, 4.69) is 19.2 Å². The Morgan fingerprint density at radius 2 is 1.94 bits per heavy atom. The summed E-state index contributed by atoms with van der Waals surface area (Å²) < 4.78 is 0. The Morgan fingerprint density at radius 1 is 1.28 bits per heavy atom. The van der Waals surface area contributed by atoms with Crippen LogP contribution in [-0.2, 0) is 4.79 Å². The first kappa shape index (κ1) is 15.5. The molecule has 1 saturated carbocycles. The molecule has 0 saturated heterocycles. The number of carbonyl (C=O) groups is 1. The average molecular weight is 255 g/mol. The Hall–Kier alpha value is -0.570. The normalized spacial score (nSPS) is 28.1. The van der Waals surface area contributed by atoms with Crippen molar-refractivity contribution in [3.63, 3.8) is 0 Å². The lowest BCUT2D eigenvalue weighted by Gasteiger charge is -2.35. The highest BCUT2D eigenvalue weighted by Gasteiger charge is 2.32. The van der Waals surface area contributed by atoms with Gasteiger partial charge in [-0.25, -0.2) is 0 Å². The molecule has 106 valence electrons. The molecule has 1 fully saturated rings. The Morgan fingerprint density at radius 3 is 2.50 bits per heavy atom. The third-order valence-electron chi connectivity index (χ3n) is 4.24. The van der Waals surface area contributed by atoms with E-state index in [-0.39, 0.29) is 5.91 Å². The zero-order chi connectivity index (χ0) is 13.4. The summed E-state index contributed by atoms with van der Waals surface area (Å²) in [6.45, 7) is 4.78. The minimum Gasteiger partial charge on any atom is -0.388 e. The summed E-state index contributed by atoms with van der Waals surface area (Å²) in [5.41, 5.74) is -0.647. The van der Waals surface area contributed by atoms with Gasteiger partial charge in [-0.2, -0.15) is 0 Å². The summed E-state index contributed by atoms with van der Waals surface area (Å²) in [7, 11) is 0. The van der Waals surface area contributed by atoms with Gasteiger partial charge in [0.1, 0.15) is 0 Å². The monoisotopic (exact) mass is 255 g/mol. The largest absolute Gasteiger partial charge is 0.388 e. The molecule has 0 unspecified atom stereocenters. The van der Waals surface area contributed by atoms with Gasteiger partial charge in [-0.15, -0.1) is 0 Å². The Labute approximate surface area is 111 Å². The number of amides is 1. The van der Waals surface area contributed by atoms with Crippen LogP contribution in [-0.4, -0.2) is 23.2 Å². The highest BCUT2D eigenvalue weighted by atomic mass is 16.3. The first-order chi connectivity index (χ1) is 8.59. The summed E-state index contributed by atoms with van der Waals surface area (Å²) in [4.78, 5) is 11.6.